The number of likely N-dealkylation sites (N-methyl/N-ethyl adjacent to an activating group) is 1. The lowest BCUT2D eigenvalue weighted by Gasteiger charge is -2.34. The van der Waals surface area contributed by atoms with Gasteiger partial charge in [0, 0.05) is 48.8 Å². The molecule has 6 heteroatoms. The second-order valence-corrected chi connectivity index (χ2v) is 5.76. The van der Waals surface area contributed by atoms with Crippen LogP contribution in [0.1, 0.15) is 0 Å². The first-order chi connectivity index (χ1) is 10.7. The van der Waals surface area contributed by atoms with Crippen LogP contribution in [0.3, 0.4) is 0 Å². The lowest BCUT2D eigenvalue weighted by atomic mass is 10.1. The molecule has 1 N–H and O–H groups in total. The van der Waals surface area contributed by atoms with Crippen LogP contribution in [0.5, 0.6) is 0 Å². The van der Waals surface area contributed by atoms with Gasteiger partial charge in [0.2, 0.25) is 0 Å². The molecule has 22 heavy (non-hydrogen) atoms. The van der Waals surface area contributed by atoms with E-state index in [2.05, 4.69) is 37.9 Å². The number of piperazine rings is 1. The van der Waals surface area contributed by atoms with Crippen molar-refractivity contribution in [1.29, 1.82) is 0 Å². The predicted molar refractivity (Wildman–Crippen MR) is 87.4 cm³/mol. The maximum Gasteiger partial charge on any atom is 0.257 e. The molecule has 2 aromatic heterocycles. The van der Waals surface area contributed by atoms with Crippen molar-refractivity contribution in [3.8, 4) is 0 Å². The van der Waals surface area contributed by atoms with Crippen LogP contribution in [0.15, 0.2) is 35.5 Å². The summed E-state index contributed by atoms with van der Waals surface area (Å²) < 4.78 is 0. The number of nitrogens with zero attached hydrogens (tertiary/aromatic N) is 4. The number of hydrogen-bond donors (Lipinski definition) is 1. The van der Waals surface area contributed by atoms with Crippen molar-refractivity contribution in [2.45, 2.75) is 0 Å². The highest BCUT2D eigenvalue weighted by Crippen LogP contribution is 2.24. The van der Waals surface area contributed by atoms with Crippen LogP contribution < -0.4 is 10.5 Å². The third kappa shape index (κ3) is 2.12. The Morgan fingerprint density at radius 1 is 1.09 bits per heavy atom. The number of fused-ring (bicyclic) bond motifs is 3. The molecule has 0 bridgehead atoms. The lowest BCUT2D eigenvalue weighted by molar-refractivity contribution is 0.313. The van der Waals surface area contributed by atoms with E-state index in [1.165, 1.54) is 6.33 Å². The van der Waals surface area contributed by atoms with Crippen LogP contribution in [-0.4, -0.2) is 53.1 Å². The Kier molecular flexibility index (Phi) is 3.04. The smallest absolute Gasteiger partial charge is 0.257 e. The molecule has 0 radical (unpaired) electrons. The number of hydrogen-bond acceptors (Lipinski definition) is 5. The van der Waals surface area contributed by atoms with Crippen molar-refractivity contribution in [2.75, 3.05) is 38.1 Å². The van der Waals surface area contributed by atoms with E-state index in [4.69, 9.17) is 0 Å². The van der Waals surface area contributed by atoms with Crippen LogP contribution in [0.2, 0.25) is 0 Å². The van der Waals surface area contributed by atoms with Gasteiger partial charge in [0.1, 0.15) is 12.0 Å². The summed E-state index contributed by atoms with van der Waals surface area (Å²) in [5, 5.41) is 2.47. The molecule has 1 aromatic carbocycles. The second kappa shape index (κ2) is 5.06. The first-order valence-electron chi connectivity index (χ1n) is 7.41. The number of rotatable bonds is 1. The van der Waals surface area contributed by atoms with Crippen molar-refractivity contribution < 1.29 is 0 Å². The standard InChI is InChI=1S/C16H17N5O/c1-20-4-6-21(7-5-20)11-2-3-12-13(8-11)16(22)19-15-14(12)9-17-10-18-15/h2-3,8-10H,4-7H2,1H3,(H,17,18,19,22). The molecule has 1 saturated heterocycles. The van der Waals surface area contributed by atoms with Crippen molar-refractivity contribution in [2.24, 2.45) is 0 Å². The lowest BCUT2D eigenvalue weighted by Crippen LogP contribution is -2.44. The van der Waals surface area contributed by atoms with Gasteiger partial charge in [-0.05, 0) is 24.6 Å². The SMILES string of the molecule is CN1CCN(c2ccc3c(c2)c(=O)[nH]c2ncncc23)CC1. The van der Waals surface area contributed by atoms with E-state index >= 15 is 0 Å². The van der Waals surface area contributed by atoms with E-state index < -0.39 is 0 Å². The highest BCUT2D eigenvalue weighted by molar-refractivity contribution is 6.04. The van der Waals surface area contributed by atoms with Gasteiger partial charge < -0.3 is 14.8 Å². The molecule has 6 nitrogen and oxygen atoms in total. The van der Waals surface area contributed by atoms with E-state index in [0.29, 0.717) is 11.0 Å². The molecular formula is C16H17N5O. The van der Waals surface area contributed by atoms with Gasteiger partial charge in [-0.2, -0.15) is 0 Å². The van der Waals surface area contributed by atoms with Crippen molar-refractivity contribution in [1.82, 2.24) is 19.9 Å². The molecule has 112 valence electrons. The van der Waals surface area contributed by atoms with Gasteiger partial charge in [-0.25, -0.2) is 9.97 Å². The van der Waals surface area contributed by atoms with E-state index in [1.54, 1.807) is 6.20 Å². The van der Waals surface area contributed by atoms with Crippen molar-refractivity contribution in [3.63, 3.8) is 0 Å². The molecule has 1 aliphatic heterocycles. The normalized spacial score (nSPS) is 16.5. The monoisotopic (exact) mass is 295 g/mol. The molecule has 0 amide bonds. The summed E-state index contributed by atoms with van der Waals surface area (Å²) in [5.74, 6) is 0. The van der Waals surface area contributed by atoms with Crippen LogP contribution in [0, 0.1) is 0 Å². The summed E-state index contributed by atoms with van der Waals surface area (Å²) in [6, 6.07) is 6.06. The Bertz CT molecular complexity index is 896. The molecule has 0 saturated carbocycles. The minimum atomic E-state index is -0.0998. The fourth-order valence-corrected chi connectivity index (χ4v) is 3.02. The quantitative estimate of drug-likeness (QED) is 0.684. The molecule has 0 aliphatic carbocycles. The van der Waals surface area contributed by atoms with Crippen LogP contribution in [0.4, 0.5) is 5.69 Å². The highest BCUT2D eigenvalue weighted by Gasteiger charge is 2.15. The molecular weight excluding hydrogens is 278 g/mol. The predicted octanol–water partition coefficient (Wildman–Crippen LogP) is 1.22. The summed E-state index contributed by atoms with van der Waals surface area (Å²) in [6.07, 6.45) is 3.19. The number of anilines is 1. The first kappa shape index (κ1) is 13.2. The Hall–Kier alpha value is -2.47. The zero-order chi connectivity index (χ0) is 15.1. The number of H-pyrrole nitrogens is 1. The molecule has 1 aliphatic rings. The third-order valence-corrected chi connectivity index (χ3v) is 4.35. The Morgan fingerprint density at radius 3 is 2.73 bits per heavy atom. The fourth-order valence-electron chi connectivity index (χ4n) is 3.02. The van der Waals surface area contributed by atoms with Crippen molar-refractivity contribution >= 4 is 27.5 Å². The minimum Gasteiger partial charge on any atom is -0.369 e. The molecule has 4 rings (SSSR count). The van der Waals surface area contributed by atoms with Gasteiger partial charge in [0.15, 0.2) is 0 Å². The summed E-state index contributed by atoms with van der Waals surface area (Å²) in [6.45, 7) is 4.05. The second-order valence-electron chi connectivity index (χ2n) is 5.76. The molecule has 0 atom stereocenters. The Morgan fingerprint density at radius 2 is 1.91 bits per heavy atom. The van der Waals surface area contributed by atoms with Crippen molar-refractivity contribution in [3.05, 3.63) is 41.1 Å². The molecule has 1 fully saturated rings. The summed E-state index contributed by atoms with van der Waals surface area (Å²) in [5.41, 5.74) is 1.58. The highest BCUT2D eigenvalue weighted by atomic mass is 16.1. The van der Waals surface area contributed by atoms with Crippen LogP contribution >= 0.6 is 0 Å². The van der Waals surface area contributed by atoms with Gasteiger partial charge in [-0.1, -0.05) is 6.07 Å². The maximum absolute atomic E-state index is 12.3. The van der Waals surface area contributed by atoms with E-state index in [9.17, 15) is 4.79 Å². The van der Waals surface area contributed by atoms with E-state index in [1.807, 2.05) is 12.1 Å². The van der Waals surface area contributed by atoms with Gasteiger partial charge in [-0.3, -0.25) is 4.79 Å². The number of nitrogens with one attached hydrogen (secondary N) is 1. The Labute approximate surface area is 127 Å². The summed E-state index contributed by atoms with van der Waals surface area (Å²) >= 11 is 0. The van der Waals surface area contributed by atoms with Gasteiger partial charge in [0.05, 0.1) is 0 Å². The van der Waals surface area contributed by atoms with Gasteiger partial charge in [-0.15, -0.1) is 0 Å². The van der Waals surface area contributed by atoms with E-state index in [-0.39, 0.29) is 5.56 Å². The molecule has 0 unspecified atom stereocenters. The van der Waals surface area contributed by atoms with Crippen LogP contribution in [-0.2, 0) is 0 Å². The first-order valence-corrected chi connectivity index (χ1v) is 7.41. The third-order valence-electron chi connectivity index (χ3n) is 4.35. The zero-order valence-electron chi connectivity index (χ0n) is 12.4. The Balaban J connectivity index is 1.86. The average molecular weight is 295 g/mol. The van der Waals surface area contributed by atoms with Gasteiger partial charge in [0.25, 0.3) is 5.56 Å². The fraction of sp³-hybridized carbons (Fsp3) is 0.312. The summed E-state index contributed by atoms with van der Waals surface area (Å²) in [7, 11) is 2.13. The number of benzene rings is 1. The topological polar surface area (TPSA) is 65.1 Å². The van der Waals surface area contributed by atoms with Crippen LogP contribution in [0.25, 0.3) is 21.8 Å². The number of aromatic nitrogens is 3. The van der Waals surface area contributed by atoms with Gasteiger partial charge >= 0.3 is 0 Å². The molecule has 3 aromatic rings. The molecule has 0 spiro atoms. The zero-order valence-corrected chi connectivity index (χ0v) is 12.4. The minimum absolute atomic E-state index is 0.0998. The number of aromatic amines is 1. The number of pyridine rings is 1. The summed E-state index contributed by atoms with van der Waals surface area (Å²) in [4.78, 5) is 28.0. The largest absolute Gasteiger partial charge is 0.369 e. The molecule has 3 heterocycles. The van der Waals surface area contributed by atoms with E-state index in [0.717, 1.165) is 42.6 Å². The maximum atomic E-state index is 12.3. The average Bonchev–Trinajstić information content (AvgIpc) is 2.55.